The number of carbonyl (C=O) groups is 2. The van der Waals surface area contributed by atoms with Crippen LogP contribution in [0.5, 0.6) is 0 Å². The van der Waals surface area contributed by atoms with Crippen molar-refractivity contribution in [2.24, 2.45) is 5.92 Å². The minimum atomic E-state index is -0.789. The average molecular weight is 512 g/mol. The van der Waals surface area contributed by atoms with Gasteiger partial charge >= 0.3 is 5.97 Å². The highest BCUT2D eigenvalue weighted by molar-refractivity contribution is 6.30. The van der Waals surface area contributed by atoms with Gasteiger partial charge in [-0.3, -0.25) is 14.5 Å². The lowest BCUT2D eigenvalue weighted by Gasteiger charge is -2.35. The van der Waals surface area contributed by atoms with E-state index in [1.807, 2.05) is 36.4 Å². The van der Waals surface area contributed by atoms with Crippen molar-refractivity contribution in [3.8, 4) is 11.1 Å². The second-order valence-electron chi connectivity index (χ2n) is 9.46. The summed E-state index contributed by atoms with van der Waals surface area (Å²) < 4.78 is 11.9. The summed E-state index contributed by atoms with van der Waals surface area (Å²) in [5.74, 6) is -0.434. The number of hydrogen-bond acceptors (Lipinski definition) is 5. The highest BCUT2D eigenvalue weighted by atomic mass is 35.5. The van der Waals surface area contributed by atoms with Crippen molar-refractivity contribution >= 4 is 23.4 Å². The van der Waals surface area contributed by atoms with Crippen molar-refractivity contribution in [2.45, 2.75) is 50.9 Å². The molecule has 6 nitrogen and oxygen atoms in total. The first-order valence-corrected chi connectivity index (χ1v) is 13.1. The number of ketones is 1. The maximum atomic E-state index is 13.1. The number of allylic oxidation sites excluding steroid dienone is 2. The molecule has 0 bridgehead atoms. The van der Waals surface area contributed by atoms with Crippen LogP contribution in [-0.2, 0) is 25.7 Å². The van der Waals surface area contributed by atoms with E-state index in [0.717, 1.165) is 47.6 Å². The largest absolute Gasteiger partial charge is 0.481 e. The molecule has 1 saturated heterocycles. The molecular weight excluding hydrogens is 478 g/mol. The second kappa shape index (κ2) is 13.2. The molecule has 0 spiro atoms. The first-order chi connectivity index (χ1) is 17.5. The van der Waals surface area contributed by atoms with E-state index in [-0.39, 0.29) is 30.3 Å². The Balaban J connectivity index is 1.38. The molecule has 2 fully saturated rings. The van der Waals surface area contributed by atoms with Crippen LogP contribution < -0.4 is 0 Å². The van der Waals surface area contributed by atoms with Crippen LogP contribution in [0, 0.1) is 5.92 Å². The molecule has 0 radical (unpaired) electrons. The summed E-state index contributed by atoms with van der Waals surface area (Å²) in [6.45, 7) is 3.29. The van der Waals surface area contributed by atoms with Crippen molar-refractivity contribution < 1.29 is 24.2 Å². The Morgan fingerprint density at radius 2 is 1.67 bits per heavy atom. The maximum absolute atomic E-state index is 13.1. The van der Waals surface area contributed by atoms with Crippen LogP contribution in [0.3, 0.4) is 0 Å². The van der Waals surface area contributed by atoms with E-state index in [9.17, 15) is 9.59 Å². The zero-order valence-electron chi connectivity index (χ0n) is 20.5. The lowest BCUT2D eigenvalue weighted by atomic mass is 9.93. The number of Topliss-reactive ketones (excluding diaryl/α,β-unsaturated/α-hetero) is 1. The Labute approximate surface area is 217 Å². The van der Waals surface area contributed by atoms with Crippen molar-refractivity contribution in [3.05, 3.63) is 71.3 Å². The fraction of sp³-hybridized carbons (Fsp3) is 0.448. The number of halogens is 1. The Kier molecular flexibility index (Phi) is 9.70. The van der Waals surface area contributed by atoms with Gasteiger partial charge in [0.2, 0.25) is 0 Å². The van der Waals surface area contributed by atoms with E-state index < -0.39 is 5.97 Å². The zero-order valence-corrected chi connectivity index (χ0v) is 21.2. The third-order valence-electron chi connectivity index (χ3n) is 7.01. The lowest BCUT2D eigenvalue weighted by Crippen LogP contribution is -2.49. The molecule has 2 aliphatic rings. The van der Waals surface area contributed by atoms with Crippen LogP contribution in [0.25, 0.3) is 11.1 Å². The van der Waals surface area contributed by atoms with Gasteiger partial charge in [0.05, 0.1) is 32.0 Å². The number of benzene rings is 2. The van der Waals surface area contributed by atoms with E-state index in [4.69, 9.17) is 26.2 Å². The number of aliphatic carboxylic acids is 1. The molecule has 1 aliphatic carbocycles. The smallest absolute Gasteiger partial charge is 0.303 e. The van der Waals surface area contributed by atoms with E-state index in [1.165, 1.54) is 0 Å². The third-order valence-corrected chi connectivity index (χ3v) is 7.26. The molecule has 0 amide bonds. The highest BCUT2D eigenvalue weighted by Crippen LogP contribution is 2.35. The highest BCUT2D eigenvalue weighted by Gasteiger charge is 2.45. The van der Waals surface area contributed by atoms with Gasteiger partial charge in [0, 0.05) is 36.9 Å². The van der Waals surface area contributed by atoms with Crippen molar-refractivity contribution in [3.63, 3.8) is 0 Å². The van der Waals surface area contributed by atoms with E-state index in [2.05, 4.69) is 29.2 Å². The number of morpholine rings is 1. The minimum absolute atomic E-state index is 0.105. The molecule has 192 valence electrons. The molecule has 4 rings (SSSR count). The number of carboxylic acids is 1. The summed E-state index contributed by atoms with van der Waals surface area (Å²) in [4.78, 5) is 26.1. The SMILES string of the molecule is O=C(O)CC/C=C\CC[C@H]1[C@@H](OCc2ccc(-c3ccc(Cl)cc3)cc2)CC(=O)[C@@H]1N1CCOCC1. The molecule has 3 atom stereocenters. The van der Waals surface area contributed by atoms with E-state index in [0.29, 0.717) is 32.7 Å². The monoisotopic (exact) mass is 511 g/mol. The van der Waals surface area contributed by atoms with Gasteiger partial charge in [-0.25, -0.2) is 0 Å². The van der Waals surface area contributed by atoms with Crippen molar-refractivity contribution in [1.29, 1.82) is 0 Å². The van der Waals surface area contributed by atoms with Gasteiger partial charge in [0.25, 0.3) is 0 Å². The number of hydrogen-bond donors (Lipinski definition) is 1. The predicted molar refractivity (Wildman–Crippen MR) is 140 cm³/mol. The predicted octanol–water partition coefficient (Wildman–Crippen LogP) is 5.38. The van der Waals surface area contributed by atoms with Crippen molar-refractivity contribution in [1.82, 2.24) is 4.90 Å². The number of carbonyl (C=O) groups excluding carboxylic acids is 1. The summed E-state index contributed by atoms with van der Waals surface area (Å²) in [7, 11) is 0. The summed E-state index contributed by atoms with van der Waals surface area (Å²) in [6.07, 6.45) is 6.55. The Morgan fingerprint density at radius 1 is 1.03 bits per heavy atom. The molecule has 0 aromatic heterocycles. The number of rotatable bonds is 11. The summed E-state index contributed by atoms with van der Waals surface area (Å²) in [5.41, 5.74) is 3.30. The number of nitrogens with zero attached hydrogens (tertiary/aromatic N) is 1. The van der Waals surface area contributed by atoms with Gasteiger partial charge in [0.1, 0.15) is 0 Å². The van der Waals surface area contributed by atoms with Gasteiger partial charge < -0.3 is 14.6 Å². The lowest BCUT2D eigenvalue weighted by molar-refractivity contribution is -0.136. The van der Waals surface area contributed by atoms with Crippen LogP contribution in [0.15, 0.2) is 60.7 Å². The zero-order chi connectivity index (χ0) is 25.3. The minimum Gasteiger partial charge on any atom is -0.481 e. The number of ether oxygens (including phenoxy) is 2. The van der Waals surface area contributed by atoms with Crippen LogP contribution in [-0.4, -0.2) is 60.2 Å². The van der Waals surface area contributed by atoms with Crippen molar-refractivity contribution in [2.75, 3.05) is 26.3 Å². The average Bonchev–Trinajstić information content (AvgIpc) is 3.20. The van der Waals surface area contributed by atoms with Crippen LogP contribution in [0.4, 0.5) is 0 Å². The molecule has 1 aliphatic heterocycles. The normalized spacial score (nSPS) is 22.9. The Morgan fingerprint density at radius 3 is 2.33 bits per heavy atom. The number of carboxylic acid groups (broad SMARTS) is 1. The van der Waals surface area contributed by atoms with E-state index >= 15 is 0 Å². The summed E-state index contributed by atoms with van der Waals surface area (Å²) in [5, 5.41) is 9.53. The summed E-state index contributed by atoms with van der Waals surface area (Å²) in [6, 6.07) is 15.9. The molecule has 2 aromatic rings. The van der Waals surface area contributed by atoms with Crippen LogP contribution >= 0.6 is 11.6 Å². The summed E-state index contributed by atoms with van der Waals surface area (Å²) >= 11 is 6.00. The second-order valence-corrected chi connectivity index (χ2v) is 9.90. The Hall–Kier alpha value is -2.51. The maximum Gasteiger partial charge on any atom is 0.303 e. The standard InChI is InChI=1S/C29H34ClNO5/c30-24-13-11-23(12-14-24)22-9-7-21(8-10-22)20-36-27-19-26(32)29(31-15-17-35-18-16-31)25(27)5-3-1-2-4-6-28(33)34/h1-2,7-14,25,27,29H,3-6,15-20H2,(H,33,34)/b2-1-/t25-,27-,29+/m0/s1. The van der Waals surface area contributed by atoms with Gasteiger partial charge in [-0.1, -0.05) is 60.2 Å². The fourth-order valence-corrected chi connectivity index (χ4v) is 5.27. The van der Waals surface area contributed by atoms with Crippen LogP contribution in [0.2, 0.25) is 5.02 Å². The topological polar surface area (TPSA) is 76.1 Å². The van der Waals surface area contributed by atoms with Gasteiger partial charge in [-0.15, -0.1) is 0 Å². The van der Waals surface area contributed by atoms with E-state index in [1.54, 1.807) is 0 Å². The first-order valence-electron chi connectivity index (χ1n) is 12.7. The molecule has 1 N–H and O–H groups in total. The molecule has 1 saturated carbocycles. The first kappa shape index (κ1) is 26.6. The molecule has 36 heavy (non-hydrogen) atoms. The van der Waals surface area contributed by atoms with Gasteiger partial charge in [0.15, 0.2) is 5.78 Å². The molecule has 1 heterocycles. The van der Waals surface area contributed by atoms with Gasteiger partial charge in [-0.2, -0.15) is 0 Å². The molecular formula is C29H34ClNO5. The van der Waals surface area contributed by atoms with Crippen LogP contribution in [0.1, 0.15) is 37.7 Å². The van der Waals surface area contributed by atoms with Gasteiger partial charge in [-0.05, 0) is 48.1 Å². The molecule has 0 unspecified atom stereocenters. The Bertz CT molecular complexity index is 1030. The fourth-order valence-electron chi connectivity index (χ4n) is 5.14. The third kappa shape index (κ3) is 7.26. The molecule has 7 heteroatoms. The molecule has 2 aromatic carbocycles. The quantitative estimate of drug-likeness (QED) is 0.408.